The molecule has 0 atom stereocenters. The van der Waals surface area contributed by atoms with Gasteiger partial charge in [0, 0.05) is 32.1 Å². The van der Waals surface area contributed by atoms with E-state index in [0.29, 0.717) is 17.3 Å². The maximum Gasteiger partial charge on any atom is 0.276 e. The molecule has 9 heteroatoms. The number of likely N-dealkylation sites (N-methyl/N-ethyl adjacent to an activating group) is 1. The molecule has 1 amide bonds. The number of carbonyl (C=O) groups is 1. The van der Waals surface area contributed by atoms with E-state index in [2.05, 4.69) is 25.4 Å². The first-order chi connectivity index (χ1) is 12.2. The van der Waals surface area contributed by atoms with Crippen molar-refractivity contribution in [3.8, 4) is 0 Å². The Bertz CT molecular complexity index is 939. The molecule has 0 N–H and O–H groups in total. The van der Waals surface area contributed by atoms with Crippen molar-refractivity contribution in [2.45, 2.75) is 24.8 Å². The smallest absolute Gasteiger partial charge is 0.276 e. The third kappa shape index (κ3) is 2.43. The Kier molecular flexibility index (Phi) is 3.03. The minimum Gasteiger partial charge on any atom is -0.360 e. The van der Waals surface area contributed by atoms with Gasteiger partial charge < -0.3 is 14.3 Å². The summed E-state index contributed by atoms with van der Waals surface area (Å²) < 4.78 is 6.93. The first-order valence-corrected chi connectivity index (χ1v) is 8.35. The average molecular weight is 339 g/mol. The summed E-state index contributed by atoms with van der Waals surface area (Å²) in [5.41, 5.74) is 1.11. The second-order valence-electron chi connectivity index (χ2n) is 6.69. The molecule has 3 aromatic rings. The molecule has 0 radical (unpaired) electrons. The third-order valence-corrected chi connectivity index (χ3v) is 4.93. The maximum absolute atomic E-state index is 12.6. The number of aromatic nitrogens is 5. The van der Waals surface area contributed by atoms with Gasteiger partial charge in [-0.05, 0) is 25.0 Å². The summed E-state index contributed by atoms with van der Waals surface area (Å²) >= 11 is 0. The van der Waals surface area contributed by atoms with Crippen LogP contribution < -0.4 is 4.90 Å². The van der Waals surface area contributed by atoms with Crippen molar-refractivity contribution in [2.75, 3.05) is 25.0 Å². The molecule has 1 aliphatic heterocycles. The van der Waals surface area contributed by atoms with Gasteiger partial charge in [0.25, 0.3) is 5.91 Å². The lowest BCUT2D eigenvalue weighted by molar-refractivity contribution is 0.0694. The second kappa shape index (κ2) is 5.27. The number of hydrogen-bond acceptors (Lipinski definition) is 7. The zero-order valence-electron chi connectivity index (χ0n) is 13.7. The Balaban J connectivity index is 1.24. The van der Waals surface area contributed by atoms with E-state index in [0.717, 1.165) is 37.5 Å². The van der Waals surface area contributed by atoms with Crippen molar-refractivity contribution in [2.24, 2.45) is 0 Å². The highest BCUT2D eigenvalue weighted by molar-refractivity contribution is 5.92. The predicted molar refractivity (Wildman–Crippen MR) is 87.4 cm³/mol. The minimum absolute atomic E-state index is 0.0949. The van der Waals surface area contributed by atoms with Gasteiger partial charge in [0.2, 0.25) is 0 Å². The normalized spacial score (nSPS) is 17.7. The van der Waals surface area contributed by atoms with Crippen LogP contribution in [0, 0.1) is 0 Å². The summed E-state index contributed by atoms with van der Waals surface area (Å²) in [5.74, 6) is 2.04. The molecule has 4 heterocycles. The van der Waals surface area contributed by atoms with Gasteiger partial charge in [-0.25, -0.2) is 0 Å². The van der Waals surface area contributed by atoms with Crippen LogP contribution in [0.1, 0.15) is 35.0 Å². The fourth-order valence-electron chi connectivity index (χ4n) is 3.07. The quantitative estimate of drug-likeness (QED) is 0.698. The van der Waals surface area contributed by atoms with Crippen molar-refractivity contribution < 1.29 is 9.32 Å². The van der Waals surface area contributed by atoms with Crippen molar-refractivity contribution in [3.05, 3.63) is 36.0 Å². The summed E-state index contributed by atoms with van der Waals surface area (Å²) in [6.45, 7) is 1.46. The lowest BCUT2D eigenvalue weighted by Gasteiger charge is -2.44. The van der Waals surface area contributed by atoms with E-state index >= 15 is 0 Å². The molecular weight excluding hydrogens is 322 g/mol. The van der Waals surface area contributed by atoms with Crippen molar-refractivity contribution in [3.63, 3.8) is 0 Å². The van der Waals surface area contributed by atoms with Gasteiger partial charge in [0.15, 0.2) is 11.3 Å². The largest absolute Gasteiger partial charge is 0.360 e. The summed E-state index contributed by atoms with van der Waals surface area (Å²) in [6, 6.07) is 5.72. The molecule has 1 saturated carbocycles. The fraction of sp³-hybridized carbons (Fsp3) is 0.438. The van der Waals surface area contributed by atoms with E-state index < -0.39 is 0 Å². The van der Waals surface area contributed by atoms with E-state index in [1.165, 1.54) is 0 Å². The molecule has 3 aromatic heterocycles. The number of rotatable bonds is 4. The molecule has 1 aliphatic carbocycles. The number of fused-ring (bicyclic) bond motifs is 1. The number of anilines is 1. The minimum atomic E-state index is -0.0949. The summed E-state index contributed by atoms with van der Waals surface area (Å²) in [6.07, 6.45) is 3.83. The average Bonchev–Trinajstić information content (AvgIpc) is 3.13. The Morgan fingerprint density at radius 1 is 1.32 bits per heavy atom. The van der Waals surface area contributed by atoms with Crippen LogP contribution >= 0.6 is 0 Å². The molecule has 128 valence electrons. The molecule has 0 spiro atoms. The zero-order chi connectivity index (χ0) is 17.0. The van der Waals surface area contributed by atoms with Gasteiger partial charge in [-0.3, -0.25) is 4.79 Å². The van der Waals surface area contributed by atoms with Crippen molar-refractivity contribution in [1.82, 2.24) is 29.9 Å². The van der Waals surface area contributed by atoms with E-state index in [4.69, 9.17) is 4.52 Å². The van der Waals surface area contributed by atoms with Crippen LogP contribution in [0.15, 0.2) is 29.0 Å². The van der Waals surface area contributed by atoms with E-state index in [1.54, 1.807) is 21.8 Å². The van der Waals surface area contributed by atoms with E-state index in [-0.39, 0.29) is 11.9 Å². The van der Waals surface area contributed by atoms with E-state index in [1.807, 2.05) is 19.2 Å². The Morgan fingerprint density at radius 2 is 2.16 bits per heavy atom. The molecule has 2 fully saturated rings. The number of hydrogen-bond donors (Lipinski definition) is 0. The maximum atomic E-state index is 12.6. The van der Waals surface area contributed by atoms with Gasteiger partial charge in [0.05, 0.1) is 6.04 Å². The SMILES string of the molecule is CN(C(=O)c1cc(C2CC2)on1)C1CN(c2ccc3nncn3n2)C1. The summed E-state index contributed by atoms with van der Waals surface area (Å²) in [4.78, 5) is 16.4. The number of amides is 1. The molecule has 2 aliphatic rings. The fourth-order valence-corrected chi connectivity index (χ4v) is 3.07. The molecular formula is C16H17N7O2. The molecule has 9 nitrogen and oxygen atoms in total. The van der Waals surface area contributed by atoms with Crippen LogP contribution in [0.25, 0.3) is 5.65 Å². The first kappa shape index (κ1) is 14.4. The van der Waals surface area contributed by atoms with Gasteiger partial charge in [-0.1, -0.05) is 5.16 Å². The standard InChI is InChI=1S/C16H17N7O2/c1-21(16(24)12-6-13(25-20-12)10-2-3-10)11-7-22(8-11)15-5-4-14-18-17-9-23(14)19-15/h4-6,9-11H,2-3,7-8H2,1H3. The summed E-state index contributed by atoms with van der Waals surface area (Å²) in [7, 11) is 1.81. The molecule has 0 bridgehead atoms. The molecule has 25 heavy (non-hydrogen) atoms. The Labute approximate surface area is 143 Å². The zero-order valence-corrected chi connectivity index (χ0v) is 13.7. The highest BCUT2D eigenvalue weighted by Crippen LogP contribution is 2.40. The highest BCUT2D eigenvalue weighted by Gasteiger charge is 2.35. The molecule has 5 rings (SSSR count). The van der Waals surface area contributed by atoms with Crippen LogP contribution in [0.3, 0.4) is 0 Å². The van der Waals surface area contributed by atoms with Crippen molar-refractivity contribution >= 4 is 17.4 Å². The van der Waals surface area contributed by atoms with Gasteiger partial charge in [-0.2, -0.15) is 4.52 Å². The lowest BCUT2D eigenvalue weighted by Crippen LogP contribution is -2.60. The van der Waals surface area contributed by atoms with Crippen LogP contribution in [0.4, 0.5) is 5.82 Å². The van der Waals surface area contributed by atoms with Crippen molar-refractivity contribution in [1.29, 1.82) is 0 Å². The third-order valence-electron chi connectivity index (χ3n) is 4.93. The second-order valence-corrected chi connectivity index (χ2v) is 6.69. The Hall–Kier alpha value is -2.97. The van der Waals surface area contributed by atoms with Crippen LogP contribution in [-0.4, -0.2) is 62.0 Å². The van der Waals surface area contributed by atoms with Crippen LogP contribution in [-0.2, 0) is 0 Å². The van der Waals surface area contributed by atoms with Gasteiger partial charge >= 0.3 is 0 Å². The summed E-state index contributed by atoms with van der Waals surface area (Å²) in [5, 5.41) is 16.2. The number of nitrogens with zero attached hydrogens (tertiary/aromatic N) is 7. The predicted octanol–water partition coefficient (Wildman–Crippen LogP) is 0.950. The topological polar surface area (TPSA) is 92.7 Å². The van der Waals surface area contributed by atoms with Gasteiger partial charge in [-0.15, -0.1) is 15.3 Å². The van der Waals surface area contributed by atoms with Gasteiger partial charge in [0.1, 0.15) is 17.9 Å². The molecule has 0 unspecified atom stereocenters. The highest BCUT2D eigenvalue weighted by atomic mass is 16.5. The first-order valence-electron chi connectivity index (χ1n) is 8.35. The molecule has 1 saturated heterocycles. The van der Waals surface area contributed by atoms with E-state index in [9.17, 15) is 4.79 Å². The monoisotopic (exact) mass is 339 g/mol. The Morgan fingerprint density at radius 3 is 2.96 bits per heavy atom. The molecule has 0 aromatic carbocycles. The number of carbonyl (C=O) groups excluding carboxylic acids is 1. The lowest BCUT2D eigenvalue weighted by atomic mass is 10.1. The van der Waals surface area contributed by atoms with Crippen LogP contribution in [0.5, 0.6) is 0 Å². The van der Waals surface area contributed by atoms with Crippen LogP contribution in [0.2, 0.25) is 0 Å².